The highest BCUT2D eigenvalue weighted by molar-refractivity contribution is 6.10. The van der Waals surface area contributed by atoms with Gasteiger partial charge in [-0.1, -0.05) is 5.16 Å². The fourth-order valence-corrected chi connectivity index (χ4v) is 1.30. The van der Waals surface area contributed by atoms with Crippen LogP contribution in [0.25, 0.3) is 11.5 Å². The first-order valence-electron chi connectivity index (χ1n) is 5.27. The molecule has 1 N–H and O–H groups in total. The van der Waals surface area contributed by atoms with Gasteiger partial charge >= 0.3 is 0 Å². The molecule has 0 bridgehead atoms. The molecule has 1 aromatic heterocycles. The minimum absolute atomic E-state index is 0.239. The fraction of sp³-hybridized carbons (Fsp3) is 0.0833. The summed E-state index contributed by atoms with van der Waals surface area (Å²) in [6.07, 6.45) is 0. The summed E-state index contributed by atoms with van der Waals surface area (Å²) in [5.74, 6) is 0.997. The summed E-state index contributed by atoms with van der Waals surface area (Å²) in [5, 5.41) is 24.4. The highest BCUT2D eigenvalue weighted by Crippen LogP contribution is 2.19. The lowest BCUT2D eigenvalue weighted by molar-refractivity contribution is 0.425. The van der Waals surface area contributed by atoms with Gasteiger partial charge in [0.15, 0.2) is 5.82 Å². The molecule has 1 heterocycles. The maximum atomic E-state index is 8.53. The number of anilines is 1. The Hall–Kier alpha value is -3.19. The van der Waals surface area contributed by atoms with Crippen molar-refractivity contribution < 1.29 is 4.52 Å². The molecule has 0 aliphatic carbocycles. The van der Waals surface area contributed by atoms with Crippen molar-refractivity contribution in [1.82, 2.24) is 10.1 Å². The molecule has 0 unspecified atom stereocenters. The minimum Gasteiger partial charge on any atom is -0.334 e. The summed E-state index contributed by atoms with van der Waals surface area (Å²) in [6.45, 7) is 1.74. The van der Waals surface area contributed by atoms with E-state index in [0.29, 0.717) is 17.4 Å². The van der Waals surface area contributed by atoms with Crippen LogP contribution in [0.3, 0.4) is 0 Å². The quantitative estimate of drug-likeness (QED) is 0.659. The third-order valence-electron chi connectivity index (χ3n) is 2.17. The van der Waals surface area contributed by atoms with Gasteiger partial charge < -0.3 is 4.52 Å². The molecule has 0 spiro atoms. The van der Waals surface area contributed by atoms with Crippen molar-refractivity contribution in [2.75, 3.05) is 5.43 Å². The number of rotatable bonds is 3. The lowest BCUT2D eigenvalue weighted by Crippen LogP contribution is -1.96. The summed E-state index contributed by atoms with van der Waals surface area (Å²) < 4.78 is 5.03. The molecule has 0 saturated heterocycles. The van der Waals surface area contributed by atoms with Crippen LogP contribution in [-0.2, 0) is 0 Å². The lowest BCUT2D eigenvalue weighted by atomic mass is 10.2. The van der Waals surface area contributed by atoms with Gasteiger partial charge in [0.2, 0.25) is 5.71 Å². The average Bonchev–Trinajstić information content (AvgIpc) is 2.87. The van der Waals surface area contributed by atoms with Crippen LogP contribution in [0.1, 0.15) is 5.82 Å². The second kappa shape index (κ2) is 5.43. The van der Waals surface area contributed by atoms with Crippen molar-refractivity contribution in [3.05, 3.63) is 30.1 Å². The van der Waals surface area contributed by atoms with Gasteiger partial charge in [-0.05, 0) is 31.2 Å². The highest BCUT2D eigenvalue weighted by Gasteiger charge is 2.05. The molecule has 0 radical (unpaired) electrons. The Morgan fingerprint density at radius 1 is 1.26 bits per heavy atom. The predicted molar refractivity (Wildman–Crippen MR) is 66.8 cm³/mol. The third-order valence-corrected chi connectivity index (χ3v) is 2.17. The first kappa shape index (κ1) is 12.3. The maximum absolute atomic E-state index is 8.53. The molecular formula is C12H8N6O. The third kappa shape index (κ3) is 2.93. The molecule has 0 fully saturated rings. The molecule has 0 saturated carbocycles. The molecular weight excluding hydrogens is 244 g/mol. The smallest absolute Gasteiger partial charge is 0.257 e. The molecule has 7 heteroatoms. The predicted octanol–water partition coefficient (Wildman–Crippen LogP) is 1.86. The van der Waals surface area contributed by atoms with Crippen LogP contribution >= 0.6 is 0 Å². The molecule has 1 aromatic carbocycles. The summed E-state index contributed by atoms with van der Waals surface area (Å²) in [4.78, 5) is 4.10. The minimum atomic E-state index is -0.239. The van der Waals surface area contributed by atoms with Crippen LogP contribution in [0, 0.1) is 29.6 Å². The maximum Gasteiger partial charge on any atom is 0.257 e. The number of nitrogens with zero attached hydrogens (tertiary/aromatic N) is 5. The monoisotopic (exact) mass is 252 g/mol. The number of nitriles is 2. The van der Waals surface area contributed by atoms with Gasteiger partial charge in [0, 0.05) is 5.56 Å². The van der Waals surface area contributed by atoms with Crippen molar-refractivity contribution in [2.45, 2.75) is 6.92 Å². The Morgan fingerprint density at radius 2 is 1.95 bits per heavy atom. The van der Waals surface area contributed by atoms with Crippen molar-refractivity contribution in [3.63, 3.8) is 0 Å². The standard InChI is InChI=1S/C12H8N6O/c1-8-15-12(19-18-8)9-2-4-10(5-3-9)16-17-11(6-13)7-14/h2-5,16H,1H3. The Kier molecular flexibility index (Phi) is 3.51. The summed E-state index contributed by atoms with van der Waals surface area (Å²) in [6, 6.07) is 10.3. The molecule has 0 aliphatic rings. The van der Waals surface area contributed by atoms with Crippen molar-refractivity contribution >= 4 is 11.4 Å². The molecule has 0 atom stereocenters. The largest absolute Gasteiger partial charge is 0.334 e. The number of aromatic nitrogens is 2. The van der Waals surface area contributed by atoms with Gasteiger partial charge in [-0.25, -0.2) is 0 Å². The zero-order valence-corrected chi connectivity index (χ0v) is 9.95. The van der Waals surface area contributed by atoms with E-state index in [0.717, 1.165) is 5.56 Å². The number of hydrogen-bond donors (Lipinski definition) is 1. The van der Waals surface area contributed by atoms with Crippen LogP contribution in [0.15, 0.2) is 33.9 Å². The van der Waals surface area contributed by atoms with E-state index in [-0.39, 0.29) is 5.71 Å². The topological polar surface area (TPSA) is 111 Å². The molecule has 19 heavy (non-hydrogen) atoms. The number of benzene rings is 1. The van der Waals surface area contributed by atoms with E-state index in [9.17, 15) is 0 Å². The molecule has 2 rings (SSSR count). The summed E-state index contributed by atoms with van der Waals surface area (Å²) in [5.41, 5.74) is 3.78. The van der Waals surface area contributed by atoms with Gasteiger partial charge in [0.25, 0.3) is 5.89 Å². The summed E-state index contributed by atoms with van der Waals surface area (Å²) in [7, 11) is 0. The normalized spacial score (nSPS) is 9.21. The molecule has 7 nitrogen and oxygen atoms in total. The van der Waals surface area contributed by atoms with E-state index in [4.69, 9.17) is 15.0 Å². The highest BCUT2D eigenvalue weighted by atomic mass is 16.5. The van der Waals surface area contributed by atoms with Crippen molar-refractivity contribution in [1.29, 1.82) is 10.5 Å². The summed E-state index contributed by atoms with van der Waals surface area (Å²) >= 11 is 0. The molecule has 0 amide bonds. The van der Waals surface area contributed by atoms with Crippen molar-refractivity contribution in [3.8, 4) is 23.6 Å². The Morgan fingerprint density at radius 3 is 2.47 bits per heavy atom. The average molecular weight is 252 g/mol. The van der Waals surface area contributed by atoms with Gasteiger partial charge in [-0.2, -0.15) is 20.6 Å². The van der Waals surface area contributed by atoms with Gasteiger partial charge in [-0.15, -0.1) is 0 Å². The zero-order chi connectivity index (χ0) is 13.7. The number of hydrogen-bond acceptors (Lipinski definition) is 7. The number of aryl methyl sites for hydroxylation is 1. The van der Waals surface area contributed by atoms with Gasteiger partial charge in [0.05, 0.1) is 5.69 Å². The van der Waals surface area contributed by atoms with Gasteiger partial charge in [-0.3, -0.25) is 5.43 Å². The number of nitrogens with one attached hydrogen (secondary N) is 1. The van der Waals surface area contributed by atoms with E-state index >= 15 is 0 Å². The SMILES string of the molecule is Cc1noc(-c2ccc(NN=C(C#N)C#N)cc2)n1. The van der Waals surface area contributed by atoms with Crippen LogP contribution in [-0.4, -0.2) is 15.9 Å². The zero-order valence-electron chi connectivity index (χ0n) is 9.95. The number of hydrazone groups is 1. The van der Waals surface area contributed by atoms with E-state index < -0.39 is 0 Å². The van der Waals surface area contributed by atoms with Gasteiger partial charge in [0.1, 0.15) is 12.1 Å². The van der Waals surface area contributed by atoms with Crippen LogP contribution in [0.2, 0.25) is 0 Å². The van der Waals surface area contributed by atoms with Crippen LogP contribution in [0.5, 0.6) is 0 Å². The first-order valence-corrected chi connectivity index (χ1v) is 5.27. The Balaban J connectivity index is 2.14. The Bertz CT molecular complexity index is 670. The van der Waals surface area contributed by atoms with E-state index in [1.807, 2.05) is 0 Å². The van der Waals surface area contributed by atoms with Crippen molar-refractivity contribution in [2.24, 2.45) is 5.10 Å². The first-order chi connectivity index (χ1) is 9.22. The lowest BCUT2D eigenvalue weighted by Gasteiger charge is -2.00. The Labute approximate surface area is 108 Å². The van der Waals surface area contributed by atoms with Crippen LogP contribution in [0.4, 0.5) is 5.69 Å². The van der Waals surface area contributed by atoms with Crippen LogP contribution < -0.4 is 5.43 Å². The second-order valence-electron chi connectivity index (χ2n) is 3.52. The van der Waals surface area contributed by atoms with E-state index in [1.165, 1.54) is 0 Å². The van der Waals surface area contributed by atoms with E-state index in [1.54, 1.807) is 43.3 Å². The molecule has 0 aliphatic heterocycles. The fourth-order valence-electron chi connectivity index (χ4n) is 1.30. The molecule has 92 valence electrons. The molecule has 2 aromatic rings. The van der Waals surface area contributed by atoms with E-state index in [2.05, 4.69) is 20.7 Å². The second-order valence-corrected chi connectivity index (χ2v) is 3.52.